The number of carbonyl (C=O) groups excluding carboxylic acids is 1. The molecule has 1 fully saturated rings. The fourth-order valence-corrected chi connectivity index (χ4v) is 4.90. The summed E-state index contributed by atoms with van der Waals surface area (Å²) >= 11 is 0. The van der Waals surface area contributed by atoms with E-state index in [0.717, 1.165) is 0 Å². The highest BCUT2D eigenvalue weighted by molar-refractivity contribution is 7.89. The number of hydrogen-bond acceptors (Lipinski definition) is 3. The number of sulfonamides is 1. The number of allylic oxidation sites excluding steroid dienone is 2. The lowest BCUT2D eigenvalue weighted by atomic mass is 10.1. The van der Waals surface area contributed by atoms with Crippen molar-refractivity contribution in [3.63, 3.8) is 0 Å². The molecule has 1 saturated carbocycles. The molecule has 2 atom stereocenters. The number of nitrogens with one attached hydrogen (secondary N) is 2. The zero-order valence-corrected chi connectivity index (χ0v) is 17.5. The number of carbonyl (C=O) groups is 1. The van der Waals surface area contributed by atoms with Gasteiger partial charge >= 0.3 is 0 Å². The third-order valence-corrected chi connectivity index (χ3v) is 6.40. The zero-order chi connectivity index (χ0) is 19.9. The Hall–Kier alpha value is -1.66. The van der Waals surface area contributed by atoms with Crippen LogP contribution in [0.3, 0.4) is 0 Å². The molecule has 26 heavy (non-hydrogen) atoms. The number of benzene rings is 1. The summed E-state index contributed by atoms with van der Waals surface area (Å²) in [6, 6.07) is 6.51. The van der Waals surface area contributed by atoms with Gasteiger partial charge in [-0.15, -0.1) is 0 Å². The van der Waals surface area contributed by atoms with E-state index in [2.05, 4.69) is 30.0 Å². The maximum atomic E-state index is 12.8. The van der Waals surface area contributed by atoms with Gasteiger partial charge in [-0.3, -0.25) is 4.79 Å². The molecule has 2 N–H and O–H groups in total. The Bertz CT molecular complexity index is 829. The van der Waals surface area contributed by atoms with E-state index in [4.69, 9.17) is 0 Å². The van der Waals surface area contributed by atoms with Crippen molar-refractivity contribution in [2.24, 2.45) is 17.3 Å². The van der Waals surface area contributed by atoms with Crippen molar-refractivity contribution in [2.45, 2.75) is 58.9 Å². The van der Waals surface area contributed by atoms with Crippen molar-refractivity contribution < 1.29 is 13.2 Å². The van der Waals surface area contributed by atoms with Gasteiger partial charge in [-0.05, 0) is 58.1 Å². The summed E-state index contributed by atoms with van der Waals surface area (Å²) in [6.45, 7) is 13.5. The molecule has 0 aromatic heterocycles. The molecule has 0 bridgehead atoms. The predicted octanol–water partition coefficient (Wildman–Crippen LogP) is 3.94. The Morgan fingerprint density at radius 3 is 2.27 bits per heavy atom. The van der Waals surface area contributed by atoms with Crippen LogP contribution in [-0.2, 0) is 14.8 Å². The van der Waals surface area contributed by atoms with Crippen molar-refractivity contribution in [1.29, 1.82) is 0 Å². The molecule has 1 aromatic rings. The molecule has 144 valence electrons. The SMILES string of the molecule is CC(C)=C[C@@H]1[C@H](C(=O)Nc2ccccc2S(=O)(=O)NC(C)(C)C)C1(C)C. The second-order valence-corrected chi connectivity index (χ2v) is 10.6. The summed E-state index contributed by atoms with van der Waals surface area (Å²) in [5.41, 5.74) is 0.755. The molecule has 0 heterocycles. The molecule has 0 saturated heterocycles. The quantitative estimate of drug-likeness (QED) is 0.762. The molecule has 5 nitrogen and oxygen atoms in total. The lowest BCUT2D eigenvalue weighted by molar-refractivity contribution is -0.118. The van der Waals surface area contributed by atoms with E-state index >= 15 is 0 Å². The second kappa shape index (κ2) is 6.82. The Labute approximate surface area is 157 Å². The number of hydrogen-bond donors (Lipinski definition) is 2. The van der Waals surface area contributed by atoms with E-state index in [0.29, 0.717) is 5.69 Å². The van der Waals surface area contributed by atoms with Crippen LogP contribution in [0.25, 0.3) is 0 Å². The third-order valence-electron chi connectivity index (χ3n) is 4.58. The first-order valence-electron chi connectivity index (χ1n) is 8.84. The molecule has 1 amide bonds. The second-order valence-electron chi connectivity index (χ2n) is 8.91. The van der Waals surface area contributed by atoms with Crippen molar-refractivity contribution >= 4 is 21.6 Å². The van der Waals surface area contributed by atoms with Gasteiger partial charge in [0.05, 0.1) is 11.6 Å². The van der Waals surface area contributed by atoms with Gasteiger partial charge in [-0.2, -0.15) is 0 Å². The van der Waals surface area contributed by atoms with Crippen LogP contribution in [-0.4, -0.2) is 19.9 Å². The van der Waals surface area contributed by atoms with Crippen molar-refractivity contribution in [3.8, 4) is 0 Å². The van der Waals surface area contributed by atoms with Gasteiger partial charge in [-0.25, -0.2) is 13.1 Å². The van der Waals surface area contributed by atoms with E-state index < -0.39 is 15.6 Å². The first-order valence-corrected chi connectivity index (χ1v) is 10.3. The largest absolute Gasteiger partial charge is 0.325 e. The molecule has 0 radical (unpaired) electrons. The summed E-state index contributed by atoms with van der Waals surface area (Å²) in [5.74, 6) is -0.136. The molecule has 1 aromatic carbocycles. The molecule has 6 heteroatoms. The summed E-state index contributed by atoms with van der Waals surface area (Å²) < 4.78 is 28.0. The Balaban J connectivity index is 2.27. The van der Waals surface area contributed by atoms with E-state index in [9.17, 15) is 13.2 Å². The highest BCUT2D eigenvalue weighted by Gasteiger charge is 2.60. The van der Waals surface area contributed by atoms with Crippen LogP contribution in [0.1, 0.15) is 48.5 Å². The molecular weight excluding hydrogens is 348 g/mol. The first-order chi connectivity index (χ1) is 11.8. The van der Waals surface area contributed by atoms with Gasteiger partial charge in [0, 0.05) is 5.54 Å². The summed E-state index contributed by atoms with van der Waals surface area (Å²) in [6.07, 6.45) is 2.12. The van der Waals surface area contributed by atoms with E-state index in [1.54, 1.807) is 39.0 Å². The molecular formula is C20H30N2O3S. The van der Waals surface area contributed by atoms with Crippen LogP contribution >= 0.6 is 0 Å². The minimum absolute atomic E-state index is 0.0838. The summed E-state index contributed by atoms with van der Waals surface area (Å²) in [4.78, 5) is 12.9. The number of anilines is 1. The standard InChI is InChI=1S/C20H30N2O3S/c1-13(2)12-14-17(20(14,6)7)18(23)21-15-10-8-9-11-16(15)26(24,25)22-19(3,4)5/h8-12,14,17,22H,1-7H3,(H,21,23)/t14-,17-/m1/s1. The Morgan fingerprint density at radius 2 is 1.73 bits per heavy atom. The highest BCUT2D eigenvalue weighted by Crippen LogP contribution is 2.59. The topological polar surface area (TPSA) is 75.3 Å². The monoisotopic (exact) mass is 378 g/mol. The predicted molar refractivity (Wildman–Crippen MR) is 105 cm³/mol. The first kappa shape index (κ1) is 20.6. The number of para-hydroxylation sites is 1. The Morgan fingerprint density at radius 1 is 1.15 bits per heavy atom. The van der Waals surface area contributed by atoms with Crippen molar-refractivity contribution in [3.05, 3.63) is 35.9 Å². The summed E-state index contributed by atoms with van der Waals surface area (Å²) in [5, 5.41) is 2.84. The third kappa shape index (κ3) is 4.54. The maximum absolute atomic E-state index is 12.8. The van der Waals surface area contributed by atoms with Crippen LogP contribution in [0.2, 0.25) is 0 Å². The molecule has 2 rings (SSSR count). The average molecular weight is 379 g/mol. The van der Waals surface area contributed by atoms with Crippen molar-refractivity contribution in [2.75, 3.05) is 5.32 Å². The highest BCUT2D eigenvalue weighted by atomic mass is 32.2. The van der Waals surface area contributed by atoms with Gasteiger partial charge in [0.25, 0.3) is 0 Å². The lowest BCUT2D eigenvalue weighted by Crippen LogP contribution is -2.40. The lowest BCUT2D eigenvalue weighted by Gasteiger charge is -2.21. The van der Waals surface area contributed by atoms with Crippen LogP contribution in [0.5, 0.6) is 0 Å². The number of rotatable bonds is 5. The average Bonchev–Trinajstić information content (AvgIpc) is 2.96. The minimum Gasteiger partial charge on any atom is -0.325 e. The zero-order valence-electron chi connectivity index (χ0n) is 16.7. The van der Waals surface area contributed by atoms with Crippen LogP contribution in [0.4, 0.5) is 5.69 Å². The van der Waals surface area contributed by atoms with Crippen LogP contribution in [0, 0.1) is 17.3 Å². The van der Waals surface area contributed by atoms with Gasteiger partial charge in [0.1, 0.15) is 4.90 Å². The van der Waals surface area contributed by atoms with E-state index in [-0.39, 0.29) is 28.1 Å². The summed E-state index contributed by atoms with van der Waals surface area (Å²) in [7, 11) is -3.74. The fourth-order valence-electron chi connectivity index (χ4n) is 3.32. The van der Waals surface area contributed by atoms with Gasteiger partial charge in [0.15, 0.2) is 0 Å². The molecule has 0 aliphatic heterocycles. The molecule has 1 aliphatic rings. The maximum Gasteiger partial charge on any atom is 0.243 e. The van der Waals surface area contributed by atoms with Crippen molar-refractivity contribution in [1.82, 2.24) is 4.72 Å². The van der Waals surface area contributed by atoms with E-state index in [1.165, 1.54) is 11.6 Å². The van der Waals surface area contributed by atoms with E-state index in [1.807, 2.05) is 13.8 Å². The van der Waals surface area contributed by atoms with Gasteiger partial charge < -0.3 is 5.32 Å². The number of amides is 1. The van der Waals surface area contributed by atoms with Crippen LogP contribution < -0.4 is 10.0 Å². The van der Waals surface area contributed by atoms with Gasteiger partial charge in [-0.1, -0.05) is 37.6 Å². The smallest absolute Gasteiger partial charge is 0.243 e. The van der Waals surface area contributed by atoms with Gasteiger partial charge in [0.2, 0.25) is 15.9 Å². The molecule has 0 unspecified atom stereocenters. The minimum atomic E-state index is -3.74. The fraction of sp³-hybridized carbons (Fsp3) is 0.550. The normalized spacial score (nSPS) is 21.8. The van der Waals surface area contributed by atoms with Crippen LogP contribution in [0.15, 0.2) is 40.8 Å². The molecule has 0 spiro atoms. The Kier molecular flexibility index (Phi) is 5.41. The molecule has 1 aliphatic carbocycles.